The Kier molecular flexibility index (Phi) is 5.02. The second-order valence-electron chi connectivity index (χ2n) is 4.99. The summed E-state index contributed by atoms with van der Waals surface area (Å²) < 4.78 is 11.3. The smallest absolute Gasteiger partial charge is 0.119 e. The standard InChI is InChI=1S/C15H23NO2/c1-12(16)13-5-2-6-15(11-13)18-10-4-8-14-7-3-9-17-14/h2,5-6,11-12,14H,3-4,7-10,16H2,1H3. The minimum atomic E-state index is 0.0560. The van der Waals surface area contributed by atoms with Crippen LogP contribution >= 0.6 is 0 Å². The molecule has 1 heterocycles. The van der Waals surface area contributed by atoms with Crippen molar-refractivity contribution in [2.24, 2.45) is 5.73 Å². The summed E-state index contributed by atoms with van der Waals surface area (Å²) in [4.78, 5) is 0. The lowest BCUT2D eigenvalue weighted by molar-refractivity contribution is 0.0981. The number of rotatable bonds is 6. The van der Waals surface area contributed by atoms with Crippen molar-refractivity contribution in [3.8, 4) is 5.75 Å². The zero-order valence-electron chi connectivity index (χ0n) is 11.1. The first-order valence-electron chi connectivity index (χ1n) is 6.85. The summed E-state index contributed by atoms with van der Waals surface area (Å²) in [6.07, 6.45) is 5.03. The summed E-state index contributed by atoms with van der Waals surface area (Å²) in [7, 11) is 0. The van der Waals surface area contributed by atoms with E-state index in [-0.39, 0.29) is 6.04 Å². The van der Waals surface area contributed by atoms with Gasteiger partial charge in [-0.1, -0.05) is 12.1 Å². The van der Waals surface area contributed by atoms with Crippen LogP contribution in [0.5, 0.6) is 5.75 Å². The van der Waals surface area contributed by atoms with Crippen LogP contribution < -0.4 is 10.5 Å². The van der Waals surface area contributed by atoms with Crippen molar-refractivity contribution < 1.29 is 9.47 Å². The lowest BCUT2D eigenvalue weighted by atomic mass is 10.1. The fourth-order valence-corrected chi connectivity index (χ4v) is 2.26. The molecule has 1 aromatic rings. The van der Waals surface area contributed by atoms with Crippen LogP contribution in [0.25, 0.3) is 0 Å². The summed E-state index contributed by atoms with van der Waals surface area (Å²) in [5, 5.41) is 0. The van der Waals surface area contributed by atoms with Gasteiger partial charge >= 0.3 is 0 Å². The maximum atomic E-state index is 5.85. The van der Waals surface area contributed by atoms with Crippen molar-refractivity contribution in [3.63, 3.8) is 0 Å². The molecule has 0 aromatic heterocycles. The van der Waals surface area contributed by atoms with Crippen LogP contribution in [-0.2, 0) is 4.74 Å². The van der Waals surface area contributed by atoms with Gasteiger partial charge in [0.05, 0.1) is 12.7 Å². The molecule has 0 aliphatic carbocycles. The van der Waals surface area contributed by atoms with E-state index in [1.807, 2.05) is 31.2 Å². The zero-order chi connectivity index (χ0) is 12.8. The summed E-state index contributed by atoms with van der Waals surface area (Å²) in [6, 6.07) is 8.09. The molecule has 1 aliphatic rings. The number of benzene rings is 1. The first-order valence-corrected chi connectivity index (χ1v) is 6.85. The van der Waals surface area contributed by atoms with Crippen LogP contribution in [0.2, 0.25) is 0 Å². The molecule has 1 fully saturated rings. The molecule has 0 spiro atoms. The van der Waals surface area contributed by atoms with Crippen molar-refractivity contribution in [3.05, 3.63) is 29.8 Å². The molecule has 1 aromatic carbocycles. The Morgan fingerprint density at radius 1 is 1.50 bits per heavy atom. The fraction of sp³-hybridized carbons (Fsp3) is 0.600. The highest BCUT2D eigenvalue weighted by atomic mass is 16.5. The van der Waals surface area contributed by atoms with Crippen LogP contribution in [0.15, 0.2) is 24.3 Å². The molecule has 2 rings (SSSR count). The maximum Gasteiger partial charge on any atom is 0.119 e. The molecular weight excluding hydrogens is 226 g/mol. The van der Waals surface area contributed by atoms with E-state index >= 15 is 0 Å². The predicted molar refractivity (Wildman–Crippen MR) is 72.7 cm³/mol. The van der Waals surface area contributed by atoms with Crippen LogP contribution in [-0.4, -0.2) is 19.3 Å². The molecule has 1 saturated heterocycles. The van der Waals surface area contributed by atoms with E-state index in [0.29, 0.717) is 6.10 Å². The van der Waals surface area contributed by atoms with Gasteiger partial charge in [0.15, 0.2) is 0 Å². The number of hydrogen-bond acceptors (Lipinski definition) is 3. The molecule has 2 unspecified atom stereocenters. The third kappa shape index (κ3) is 4.00. The van der Waals surface area contributed by atoms with E-state index in [1.54, 1.807) is 0 Å². The van der Waals surface area contributed by atoms with Gasteiger partial charge < -0.3 is 15.2 Å². The Labute approximate surface area is 109 Å². The Hall–Kier alpha value is -1.06. The quantitative estimate of drug-likeness (QED) is 0.788. The topological polar surface area (TPSA) is 44.5 Å². The van der Waals surface area contributed by atoms with Gasteiger partial charge in [-0.25, -0.2) is 0 Å². The highest BCUT2D eigenvalue weighted by molar-refractivity contribution is 5.30. The maximum absolute atomic E-state index is 5.85. The third-order valence-corrected chi connectivity index (χ3v) is 3.35. The second kappa shape index (κ2) is 6.76. The molecule has 0 amide bonds. The number of hydrogen-bond donors (Lipinski definition) is 1. The van der Waals surface area contributed by atoms with E-state index in [4.69, 9.17) is 15.2 Å². The van der Waals surface area contributed by atoms with Crippen LogP contribution in [0, 0.1) is 0 Å². The highest BCUT2D eigenvalue weighted by Gasteiger charge is 2.14. The van der Waals surface area contributed by atoms with Crippen molar-refractivity contribution in [2.45, 2.75) is 44.8 Å². The summed E-state index contributed by atoms with van der Waals surface area (Å²) >= 11 is 0. The predicted octanol–water partition coefficient (Wildman–Crippen LogP) is 3.04. The number of ether oxygens (including phenoxy) is 2. The average Bonchev–Trinajstić information content (AvgIpc) is 2.88. The molecule has 0 bridgehead atoms. The number of nitrogens with two attached hydrogens (primary N) is 1. The van der Waals surface area contributed by atoms with Crippen molar-refractivity contribution in [1.29, 1.82) is 0 Å². The highest BCUT2D eigenvalue weighted by Crippen LogP contribution is 2.19. The van der Waals surface area contributed by atoms with Crippen molar-refractivity contribution in [2.75, 3.05) is 13.2 Å². The van der Waals surface area contributed by atoms with E-state index in [9.17, 15) is 0 Å². The minimum Gasteiger partial charge on any atom is -0.494 e. The van der Waals surface area contributed by atoms with E-state index < -0.39 is 0 Å². The molecule has 100 valence electrons. The Bertz CT molecular complexity index is 359. The summed E-state index contributed by atoms with van der Waals surface area (Å²) in [5.74, 6) is 0.914. The van der Waals surface area contributed by atoms with Crippen molar-refractivity contribution >= 4 is 0 Å². The first-order chi connectivity index (χ1) is 8.75. The lowest BCUT2D eigenvalue weighted by Crippen LogP contribution is -2.08. The Morgan fingerprint density at radius 3 is 3.11 bits per heavy atom. The van der Waals surface area contributed by atoms with Gasteiger partial charge in [0.25, 0.3) is 0 Å². The molecule has 2 atom stereocenters. The van der Waals surface area contributed by atoms with Crippen LogP contribution in [0.1, 0.15) is 44.2 Å². The van der Waals surface area contributed by atoms with Gasteiger partial charge in [-0.3, -0.25) is 0 Å². The van der Waals surface area contributed by atoms with Crippen LogP contribution in [0.4, 0.5) is 0 Å². The van der Waals surface area contributed by atoms with Gasteiger partial charge in [-0.15, -0.1) is 0 Å². The molecule has 0 saturated carbocycles. The Balaban J connectivity index is 1.70. The molecule has 3 nitrogen and oxygen atoms in total. The van der Waals surface area contributed by atoms with Gasteiger partial charge in [0.2, 0.25) is 0 Å². The monoisotopic (exact) mass is 249 g/mol. The SMILES string of the molecule is CC(N)c1cccc(OCCCC2CCCO2)c1. The van der Waals surface area contributed by atoms with Gasteiger partial charge in [0.1, 0.15) is 5.75 Å². The van der Waals surface area contributed by atoms with E-state index in [2.05, 4.69) is 0 Å². The molecule has 1 aliphatic heterocycles. The van der Waals surface area contributed by atoms with Gasteiger partial charge in [-0.05, 0) is 50.3 Å². The average molecular weight is 249 g/mol. The zero-order valence-corrected chi connectivity index (χ0v) is 11.1. The van der Waals surface area contributed by atoms with E-state index in [1.165, 1.54) is 12.8 Å². The van der Waals surface area contributed by atoms with Crippen molar-refractivity contribution in [1.82, 2.24) is 0 Å². The van der Waals surface area contributed by atoms with E-state index in [0.717, 1.165) is 37.4 Å². The second-order valence-corrected chi connectivity index (χ2v) is 4.99. The molecular formula is C15H23NO2. The normalized spacial score (nSPS) is 20.9. The molecule has 2 N–H and O–H groups in total. The van der Waals surface area contributed by atoms with Crippen LogP contribution in [0.3, 0.4) is 0 Å². The molecule has 3 heteroatoms. The summed E-state index contributed by atoms with van der Waals surface area (Å²) in [6.45, 7) is 3.67. The van der Waals surface area contributed by atoms with Gasteiger partial charge in [0, 0.05) is 12.6 Å². The first kappa shape index (κ1) is 13.4. The molecule has 0 radical (unpaired) electrons. The Morgan fingerprint density at radius 2 is 2.39 bits per heavy atom. The minimum absolute atomic E-state index is 0.0560. The molecule has 18 heavy (non-hydrogen) atoms. The lowest BCUT2D eigenvalue weighted by Gasteiger charge is -2.11. The van der Waals surface area contributed by atoms with Gasteiger partial charge in [-0.2, -0.15) is 0 Å². The summed E-state index contributed by atoms with van der Waals surface area (Å²) in [5.41, 5.74) is 6.97. The largest absolute Gasteiger partial charge is 0.494 e. The third-order valence-electron chi connectivity index (χ3n) is 3.35. The fourth-order valence-electron chi connectivity index (χ4n) is 2.26.